The Kier molecular flexibility index (Phi) is 3.50. The van der Waals surface area contributed by atoms with Crippen molar-refractivity contribution in [2.75, 3.05) is 19.4 Å². The lowest BCUT2D eigenvalue weighted by Gasteiger charge is -2.32. The second-order valence-electron chi connectivity index (χ2n) is 5.96. The highest BCUT2D eigenvalue weighted by molar-refractivity contribution is 7.92. The molecule has 1 aliphatic heterocycles. The Morgan fingerprint density at radius 3 is 2.90 bits per heavy atom. The highest BCUT2D eigenvalue weighted by atomic mass is 32.2. The van der Waals surface area contributed by atoms with Crippen LogP contribution in [0.25, 0.3) is 0 Å². The number of hydrogen-bond acceptors (Lipinski definition) is 4. The van der Waals surface area contributed by atoms with Gasteiger partial charge in [0, 0.05) is 6.04 Å². The number of hydrogen-bond donors (Lipinski definition) is 1. The molecule has 1 aliphatic carbocycles. The summed E-state index contributed by atoms with van der Waals surface area (Å²) in [4.78, 5) is 0. The van der Waals surface area contributed by atoms with Crippen LogP contribution in [0.3, 0.4) is 0 Å². The quantitative estimate of drug-likeness (QED) is 0.857. The molecule has 0 spiro atoms. The third-order valence-corrected chi connectivity index (χ3v) is 6.89. The maximum Gasteiger partial charge on any atom is 0.155 e. The van der Waals surface area contributed by atoms with Gasteiger partial charge in [0.2, 0.25) is 0 Å². The minimum atomic E-state index is -3.03. The molecule has 1 heterocycles. The van der Waals surface area contributed by atoms with E-state index in [9.17, 15) is 8.42 Å². The van der Waals surface area contributed by atoms with E-state index in [1.807, 2.05) is 19.1 Å². The summed E-state index contributed by atoms with van der Waals surface area (Å²) >= 11 is 0. The van der Waals surface area contributed by atoms with E-state index in [1.165, 1.54) is 5.56 Å². The summed E-state index contributed by atoms with van der Waals surface area (Å²) in [6.45, 7) is 2.74. The molecule has 1 saturated heterocycles. The first-order chi connectivity index (χ1) is 9.51. The smallest absolute Gasteiger partial charge is 0.155 e. The Balaban J connectivity index is 2.06. The van der Waals surface area contributed by atoms with E-state index in [-0.39, 0.29) is 17.2 Å². The van der Waals surface area contributed by atoms with Crippen molar-refractivity contribution in [2.24, 2.45) is 5.92 Å². The summed E-state index contributed by atoms with van der Waals surface area (Å²) in [5.41, 5.74) is 2.34. The van der Waals surface area contributed by atoms with Crippen molar-refractivity contribution in [2.45, 2.75) is 31.1 Å². The summed E-state index contributed by atoms with van der Waals surface area (Å²) in [6, 6.07) is 5.91. The van der Waals surface area contributed by atoms with Crippen LogP contribution in [0.15, 0.2) is 18.2 Å². The summed E-state index contributed by atoms with van der Waals surface area (Å²) in [5.74, 6) is 1.25. The maximum atomic E-state index is 12.5. The molecular formula is C15H21NO3S. The molecule has 0 saturated carbocycles. The third kappa shape index (κ3) is 2.33. The highest BCUT2D eigenvalue weighted by Crippen LogP contribution is 2.38. The molecule has 0 radical (unpaired) electrons. The zero-order chi connectivity index (χ0) is 14.3. The van der Waals surface area contributed by atoms with Gasteiger partial charge in [0.05, 0.1) is 18.1 Å². The topological polar surface area (TPSA) is 55.4 Å². The van der Waals surface area contributed by atoms with Gasteiger partial charge >= 0.3 is 0 Å². The first kappa shape index (κ1) is 13.9. The molecule has 3 unspecified atom stereocenters. The molecule has 0 aromatic heterocycles. The summed E-state index contributed by atoms with van der Waals surface area (Å²) in [6.07, 6.45) is 1.54. The molecule has 3 rings (SSSR count). The molecule has 1 aromatic carbocycles. The van der Waals surface area contributed by atoms with Crippen molar-refractivity contribution < 1.29 is 13.2 Å². The number of sulfone groups is 1. The predicted molar refractivity (Wildman–Crippen MR) is 78.8 cm³/mol. The molecule has 1 fully saturated rings. The van der Waals surface area contributed by atoms with Crippen LogP contribution >= 0.6 is 0 Å². The van der Waals surface area contributed by atoms with Crippen LogP contribution in [0, 0.1) is 5.92 Å². The van der Waals surface area contributed by atoms with Crippen LogP contribution in [0.4, 0.5) is 0 Å². The minimum Gasteiger partial charge on any atom is -0.497 e. The lowest BCUT2D eigenvalue weighted by atomic mass is 9.87. The number of nitrogens with one attached hydrogen (secondary N) is 1. The van der Waals surface area contributed by atoms with E-state index in [0.29, 0.717) is 12.2 Å². The second kappa shape index (κ2) is 5.04. The standard InChI is InChI=1S/C15H21NO3S/c1-10-8-16-15-13-7-12(19-2)5-3-11(13)4-6-14(15)20(17,18)9-10/h3,5,7,10,14-16H,4,6,8-9H2,1-2H3. The van der Waals surface area contributed by atoms with Gasteiger partial charge in [-0.15, -0.1) is 0 Å². The van der Waals surface area contributed by atoms with E-state index in [0.717, 1.165) is 24.3 Å². The number of rotatable bonds is 1. The van der Waals surface area contributed by atoms with E-state index in [4.69, 9.17) is 4.74 Å². The lowest BCUT2D eigenvalue weighted by Crippen LogP contribution is -2.39. The molecule has 5 heteroatoms. The fourth-order valence-electron chi connectivity index (χ4n) is 3.42. The Labute approximate surface area is 120 Å². The van der Waals surface area contributed by atoms with Gasteiger partial charge in [0.25, 0.3) is 0 Å². The number of aryl methyl sites for hydroxylation is 1. The molecular weight excluding hydrogens is 274 g/mol. The van der Waals surface area contributed by atoms with E-state index in [1.54, 1.807) is 7.11 Å². The molecule has 1 N–H and O–H groups in total. The van der Waals surface area contributed by atoms with E-state index < -0.39 is 9.84 Å². The van der Waals surface area contributed by atoms with E-state index >= 15 is 0 Å². The van der Waals surface area contributed by atoms with Gasteiger partial charge in [0.15, 0.2) is 9.84 Å². The van der Waals surface area contributed by atoms with Crippen molar-refractivity contribution in [3.05, 3.63) is 29.3 Å². The van der Waals surface area contributed by atoms with Gasteiger partial charge in [-0.1, -0.05) is 13.0 Å². The molecule has 20 heavy (non-hydrogen) atoms. The minimum absolute atomic E-state index is 0.0937. The zero-order valence-corrected chi connectivity index (χ0v) is 12.7. The second-order valence-corrected chi connectivity index (χ2v) is 8.23. The van der Waals surface area contributed by atoms with Crippen LogP contribution < -0.4 is 10.1 Å². The first-order valence-electron chi connectivity index (χ1n) is 7.13. The Morgan fingerprint density at radius 1 is 1.35 bits per heavy atom. The van der Waals surface area contributed by atoms with Crippen molar-refractivity contribution in [1.82, 2.24) is 5.32 Å². The molecule has 1 aromatic rings. The van der Waals surface area contributed by atoms with Crippen LogP contribution in [0.5, 0.6) is 5.75 Å². The average molecular weight is 295 g/mol. The number of benzene rings is 1. The van der Waals surface area contributed by atoms with Crippen LogP contribution in [-0.4, -0.2) is 33.1 Å². The van der Waals surface area contributed by atoms with Crippen LogP contribution in [0.1, 0.15) is 30.5 Å². The molecule has 0 amide bonds. The maximum absolute atomic E-state index is 12.5. The van der Waals surface area contributed by atoms with Crippen LogP contribution in [-0.2, 0) is 16.3 Å². The first-order valence-corrected chi connectivity index (χ1v) is 8.84. The fraction of sp³-hybridized carbons (Fsp3) is 0.600. The highest BCUT2D eigenvalue weighted by Gasteiger charge is 2.41. The monoisotopic (exact) mass is 295 g/mol. The van der Waals surface area contributed by atoms with Gasteiger partial charge in [-0.25, -0.2) is 8.42 Å². The average Bonchev–Trinajstić information content (AvgIpc) is 2.54. The van der Waals surface area contributed by atoms with Crippen molar-refractivity contribution in [3.63, 3.8) is 0 Å². The molecule has 3 atom stereocenters. The van der Waals surface area contributed by atoms with Gasteiger partial charge in [-0.05, 0) is 48.6 Å². The SMILES string of the molecule is COc1ccc2c(c1)C1NCC(C)CS(=O)(=O)C1CC2. The van der Waals surface area contributed by atoms with Crippen molar-refractivity contribution in [3.8, 4) is 5.75 Å². The molecule has 0 bridgehead atoms. The summed E-state index contributed by atoms with van der Waals surface area (Å²) in [7, 11) is -1.39. The molecule has 4 nitrogen and oxygen atoms in total. The third-order valence-electron chi connectivity index (χ3n) is 4.42. The Morgan fingerprint density at radius 2 is 2.15 bits per heavy atom. The Bertz CT molecular complexity index is 612. The Hall–Kier alpha value is -1.07. The molecule has 2 aliphatic rings. The summed E-state index contributed by atoms with van der Waals surface area (Å²) < 4.78 is 30.4. The van der Waals surface area contributed by atoms with Gasteiger partial charge in [-0.3, -0.25) is 0 Å². The van der Waals surface area contributed by atoms with Crippen molar-refractivity contribution in [1.29, 1.82) is 0 Å². The number of fused-ring (bicyclic) bond motifs is 3. The lowest BCUT2D eigenvalue weighted by molar-refractivity contribution is 0.407. The zero-order valence-electron chi connectivity index (χ0n) is 11.9. The fourth-order valence-corrected chi connectivity index (χ4v) is 5.71. The number of methoxy groups -OCH3 is 1. The number of ether oxygens (including phenoxy) is 1. The van der Waals surface area contributed by atoms with Gasteiger partial charge in [0.1, 0.15) is 5.75 Å². The van der Waals surface area contributed by atoms with E-state index in [2.05, 4.69) is 11.4 Å². The summed E-state index contributed by atoms with van der Waals surface area (Å²) in [5, 5.41) is 3.16. The van der Waals surface area contributed by atoms with Gasteiger partial charge < -0.3 is 10.1 Å². The van der Waals surface area contributed by atoms with Gasteiger partial charge in [-0.2, -0.15) is 0 Å². The van der Waals surface area contributed by atoms with Crippen LogP contribution in [0.2, 0.25) is 0 Å². The largest absolute Gasteiger partial charge is 0.497 e. The predicted octanol–water partition coefficient (Wildman–Crippen LogP) is 1.71. The normalized spacial score (nSPS) is 31.8. The van der Waals surface area contributed by atoms with Crippen molar-refractivity contribution >= 4 is 9.84 Å². The molecule has 110 valence electrons.